The molecule has 1 N–H and O–H groups in total. The van der Waals surface area contributed by atoms with Crippen LogP contribution in [0.15, 0.2) is 53.6 Å². The molecule has 132 valence electrons. The van der Waals surface area contributed by atoms with Crippen molar-refractivity contribution < 1.29 is 9.53 Å². The summed E-state index contributed by atoms with van der Waals surface area (Å²) in [5.74, 6) is 0.583. The second kappa shape index (κ2) is 6.47. The zero-order valence-electron chi connectivity index (χ0n) is 14.1. The molecule has 0 unspecified atom stereocenters. The molecule has 1 aliphatic rings. The van der Waals surface area contributed by atoms with E-state index in [1.807, 2.05) is 24.3 Å². The number of aromatic nitrogens is 4. The molecule has 1 saturated heterocycles. The Morgan fingerprint density at radius 2 is 2.04 bits per heavy atom. The number of hydrogen-bond donors (Lipinski definition) is 1. The van der Waals surface area contributed by atoms with Crippen LogP contribution in [0.2, 0.25) is 0 Å². The number of nitrogens with one attached hydrogen (secondary N) is 1. The Kier molecular flexibility index (Phi) is 4.00. The minimum atomic E-state index is -0.191. The quantitative estimate of drug-likeness (QED) is 0.766. The van der Waals surface area contributed by atoms with Crippen molar-refractivity contribution in [3.8, 4) is 17.0 Å². The van der Waals surface area contributed by atoms with Crippen molar-refractivity contribution >= 4 is 5.91 Å². The molecule has 1 amide bonds. The third kappa shape index (κ3) is 2.75. The van der Waals surface area contributed by atoms with Gasteiger partial charge in [-0.25, -0.2) is 4.68 Å². The number of methoxy groups -OCH3 is 1. The van der Waals surface area contributed by atoms with Crippen molar-refractivity contribution in [3.05, 3.63) is 64.7 Å². The highest BCUT2D eigenvalue weighted by Gasteiger charge is 2.34. The number of amides is 1. The van der Waals surface area contributed by atoms with Gasteiger partial charge in [-0.05, 0) is 18.2 Å². The van der Waals surface area contributed by atoms with Crippen LogP contribution in [0.25, 0.3) is 11.3 Å². The first-order valence-corrected chi connectivity index (χ1v) is 8.18. The van der Waals surface area contributed by atoms with Crippen LogP contribution < -0.4 is 10.3 Å². The summed E-state index contributed by atoms with van der Waals surface area (Å²) in [7, 11) is 1.60. The number of hydrogen-bond acceptors (Lipinski definition) is 5. The minimum Gasteiger partial charge on any atom is -0.496 e. The number of ether oxygens (including phenoxy) is 1. The van der Waals surface area contributed by atoms with E-state index in [-0.39, 0.29) is 17.5 Å². The number of likely N-dealkylation sites (tertiary alicyclic amines) is 1. The molecule has 26 heavy (non-hydrogen) atoms. The van der Waals surface area contributed by atoms with E-state index in [2.05, 4.69) is 15.3 Å². The van der Waals surface area contributed by atoms with E-state index in [0.717, 1.165) is 5.56 Å². The minimum absolute atomic E-state index is 0.107. The van der Waals surface area contributed by atoms with Crippen LogP contribution in [0.4, 0.5) is 0 Å². The smallest absolute Gasteiger partial charge is 0.267 e. The molecule has 2 aromatic heterocycles. The molecule has 3 heterocycles. The summed E-state index contributed by atoms with van der Waals surface area (Å²) in [6.45, 7) is 0.874. The molecule has 0 saturated carbocycles. The first-order chi connectivity index (χ1) is 12.7. The molecule has 0 radical (unpaired) electrons. The molecule has 0 atom stereocenters. The fourth-order valence-electron chi connectivity index (χ4n) is 3.01. The molecule has 1 aliphatic heterocycles. The number of aromatic amines is 1. The van der Waals surface area contributed by atoms with Gasteiger partial charge in [0.15, 0.2) is 0 Å². The monoisotopic (exact) mass is 351 g/mol. The summed E-state index contributed by atoms with van der Waals surface area (Å²) in [5.41, 5.74) is 1.78. The van der Waals surface area contributed by atoms with Gasteiger partial charge in [-0.15, -0.1) is 0 Å². The Hall–Kier alpha value is -3.42. The van der Waals surface area contributed by atoms with Gasteiger partial charge < -0.3 is 9.64 Å². The van der Waals surface area contributed by atoms with Crippen LogP contribution in [0, 0.1) is 0 Å². The van der Waals surface area contributed by atoms with Crippen molar-refractivity contribution in [3.63, 3.8) is 0 Å². The van der Waals surface area contributed by atoms with Crippen LogP contribution in [-0.2, 0) is 0 Å². The predicted octanol–water partition coefficient (Wildman–Crippen LogP) is 1.34. The van der Waals surface area contributed by atoms with Gasteiger partial charge in [-0.2, -0.15) is 10.2 Å². The number of carbonyl (C=O) groups is 1. The first kappa shape index (κ1) is 16.1. The summed E-state index contributed by atoms with van der Waals surface area (Å²) in [6.07, 6.45) is 3.05. The Morgan fingerprint density at radius 3 is 2.77 bits per heavy atom. The third-order valence-corrected chi connectivity index (χ3v) is 4.45. The number of rotatable bonds is 4. The zero-order valence-corrected chi connectivity index (χ0v) is 14.1. The fraction of sp³-hybridized carbons (Fsp3) is 0.222. The van der Waals surface area contributed by atoms with Crippen LogP contribution in [0.3, 0.4) is 0 Å². The summed E-state index contributed by atoms with van der Waals surface area (Å²) >= 11 is 0. The topological polar surface area (TPSA) is 93.1 Å². The second-order valence-corrected chi connectivity index (χ2v) is 6.05. The molecule has 0 spiro atoms. The molecule has 8 heteroatoms. The van der Waals surface area contributed by atoms with Gasteiger partial charge >= 0.3 is 0 Å². The lowest BCUT2D eigenvalue weighted by Crippen LogP contribution is -2.53. The normalized spacial score (nSPS) is 14.1. The number of carbonyl (C=O) groups excluding carboxylic acids is 1. The highest BCUT2D eigenvalue weighted by molar-refractivity contribution is 5.94. The molecule has 1 fully saturated rings. The molecule has 8 nitrogen and oxygen atoms in total. The van der Waals surface area contributed by atoms with Crippen molar-refractivity contribution in [1.82, 2.24) is 24.9 Å². The maximum absolute atomic E-state index is 12.3. The van der Waals surface area contributed by atoms with E-state index in [4.69, 9.17) is 4.74 Å². The van der Waals surface area contributed by atoms with Gasteiger partial charge in [0.25, 0.3) is 11.5 Å². The van der Waals surface area contributed by atoms with Crippen molar-refractivity contribution in [1.29, 1.82) is 0 Å². The van der Waals surface area contributed by atoms with Gasteiger partial charge in [-0.1, -0.05) is 12.1 Å². The number of para-hydroxylation sites is 1. The lowest BCUT2D eigenvalue weighted by Gasteiger charge is -2.39. The average molecular weight is 351 g/mol. The number of H-pyrrole nitrogens is 1. The lowest BCUT2D eigenvalue weighted by molar-refractivity contribution is 0.0493. The van der Waals surface area contributed by atoms with Gasteiger partial charge in [0.2, 0.25) is 0 Å². The van der Waals surface area contributed by atoms with Gasteiger partial charge in [0.05, 0.1) is 30.6 Å². The highest BCUT2D eigenvalue weighted by Crippen LogP contribution is 2.28. The van der Waals surface area contributed by atoms with E-state index < -0.39 is 0 Å². The Balaban J connectivity index is 1.57. The van der Waals surface area contributed by atoms with E-state index in [1.165, 1.54) is 16.9 Å². The average Bonchev–Trinajstić information content (AvgIpc) is 3.16. The predicted molar refractivity (Wildman–Crippen MR) is 94.0 cm³/mol. The van der Waals surface area contributed by atoms with Gasteiger partial charge in [-0.3, -0.25) is 14.7 Å². The number of benzene rings is 1. The van der Waals surface area contributed by atoms with E-state index in [0.29, 0.717) is 30.1 Å². The standard InChI is InChI=1S/C18H17N5O3/c1-26-16-5-3-2-4-14(16)15-6-7-17(24)23(21-15)13-10-22(11-13)18(25)12-8-19-20-9-12/h2-9,13H,10-11H2,1H3,(H,19,20). The Labute approximate surface area is 149 Å². The third-order valence-electron chi connectivity index (χ3n) is 4.45. The molecule has 3 aromatic rings. The molecular formula is C18H17N5O3. The van der Waals surface area contributed by atoms with Gasteiger partial charge in [0, 0.05) is 30.9 Å². The fourth-order valence-corrected chi connectivity index (χ4v) is 3.01. The van der Waals surface area contributed by atoms with Crippen LogP contribution in [0.1, 0.15) is 16.4 Å². The maximum atomic E-state index is 12.3. The van der Waals surface area contributed by atoms with Crippen LogP contribution in [0.5, 0.6) is 5.75 Å². The van der Waals surface area contributed by atoms with Crippen molar-refractivity contribution in [2.24, 2.45) is 0 Å². The largest absolute Gasteiger partial charge is 0.496 e. The number of nitrogens with zero attached hydrogens (tertiary/aromatic N) is 4. The molecule has 1 aromatic carbocycles. The van der Waals surface area contributed by atoms with E-state index in [1.54, 1.807) is 24.3 Å². The van der Waals surface area contributed by atoms with Crippen molar-refractivity contribution in [2.45, 2.75) is 6.04 Å². The van der Waals surface area contributed by atoms with Gasteiger partial charge in [0.1, 0.15) is 5.75 Å². The second-order valence-electron chi connectivity index (χ2n) is 6.05. The molecular weight excluding hydrogens is 334 g/mol. The summed E-state index contributed by atoms with van der Waals surface area (Å²) in [6, 6.07) is 10.5. The van der Waals surface area contributed by atoms with Crippen molar-refractivity contribution in [2.75, 3.05) is 20.2 Å². The summed E-state index contributed by atoms with van der Waals surface area (Å²) < 4.78 is 6.82. The van der Waals surface area contributed by atoms with E-state index in [9.17, 15) is 9.59 Å². The summed E-state index contributed by atoms with van der Waals surface area (Å²) in [5, 5.41) is 10.9. The Bertz CT molecular complexity index is 990. The first-order valence-electron chi connectivity index (χ1n) is 8.18. The molecule has 4 rings (SSSR count). The SMILES string of the molecule is COc1ccccc1-c1ccc(=O)n(C2CN(C(=O)c3cn[nH]c3)C2)n1. The van der Waals surface area contributed by atoms with E-state index >= 15 is 0 Å². The lowest BCUT2D eigenvalue weighted by atomic mass is 10.1. The van der Waals surface area contributed by atoms with Crippen LogP contribution >= 0.6 is 0 Å². The summed E-state index contributed by atoms with van der Waals surface area (Å²) in [4.78, 5) is 26.2. The van der Waals surface area contributed by atoms with Crippen LogP contribution in [-0.4, -0.2) is 51.0 Å². The molecule has 0 bridgehead atoms. The highest BCUT2D eigenvalue weighted by atomic mass is 16.5. The maximum Gasteiger partial charge on any atom is 0.267 e. The Morgan fingerprint density at radius 1 is 1.23 bits per heavy atom. The zero-order chi connectivity index (χ0) is 18.1. The molecule has 0 aliphatic carbocycles.